The second-order valence-electron chi connectivity index (χ2n) is 4.91. The summed E-state index contributed by atoms with van der Waals surface area (Å²) in [4.78, 5) is 11.9. The van der Waals surface area contributed by atoms with Crippen molar-refractivity contribution in [2.24, 2.45) is 0 Å². The molecule has 0 saturated heterocycles. The Morgan fingerprint density at radius 1 is 1.26 bits per heavy atom. The predicted octanol–water partition coefficient (Wildman–Crippen LogP) is 3.83. The third-order valence-electron chi connectivity index (χ3n) is 2.88. The van der Waals surface area contributed by atoms with Crippen molar-refractivity contribution in [3.63, 3.8) is 0 Å². The summed E-state index contributed by atoms with van der Waals surface area (Å²) in [6, 6.07) is 14.5. The molecule has 0 spiro atoms. The van der Waals surface area contributed by atoms with Gasteiger partial charge < -0.3 is 15.2 Å². The summed E-state index contributed by atoms with van der Waals surface area (Å²) in [6.07, 6.45) is -0.605. The summed E-state index contributed by atoms with van der Waals surface area (Å²) in [5, 5.41) is 13.4. The maximum absolute atomic E-state index is 10.9. The van der Waals surface area contributed by atoms with Gasteiger partial charge in [0.15, 0.2) is 0 Å². The van der Waals surface area contributed by atoms with E-state index in [2.05, 4.69) is 5.32 Å². The van der Waals surface area contributed by atoms with Crippen LogP contribution in [0.3, 0.4) is 0 Å². The predicted molar refractivity (Wildman–Crippen MR) is 94.4 cm³/mol. The molecule has 0 aliphatic carbocycles. The van der Waals surface area contributed by atoms with Crippen LogP contribution in [0.2, 0.25) is 5.02 Å². The van der Waals surface area contributed by atoms with E-state index in [-0.39, 0.29) is 12.5 Å². The van der Waals surface area contributed by atoms with Crippen LogP contribution < -0.4 is 10.1 Å². The molecule has 1 atom stereocenters. The smallest absolute Gasteiger partial charge is 0.221 e. The molecular weight excluding hydrogens is 334 g/mol. The van der Waals surface area contributed by atoms with Gasteiger partial charge >= 0.3 is 0 Å². The topological polar surface area (TPSA) is 58.6 Å². The van der Waals surface area contributed by atoms with Crippen LogP contribution in [0.15, 0.2) is 53.4 Å². The van der Waals surface area contributed by atoms with E-state index < -0.39 is 6.10 Å². The Bertz CT molecular complexity index is 649. The second kappa shape index (κ2) is 8.82. The number of aliphatic hydroxyl groups is 1. The van der Waals surface area contributed by atoms with Crippen molar-refractivity contribution in [2.75, 3.05) is 17.7 Å². The molecule has 4 nitrogen and oxygen atoms in total. The molecule has 1 amide bonds. The zero-order chi connectivity index (χ0) is 16.7. The molecule has 2 aromatic rings. The Labute approximate surface area is 144 Å². The first-order valence-electron chi connectivity index (χ1n) is 7.10. The van der Waals surface area contributed by atoms with Crippen LogP contribution in [0.1, 0.15) is 6.92 Å². The number of halogens is 1. The fourth-order valence-electron chi connectivity index (χ4n) is 1.83. The van der Waals surface area contributed by atoms with E-state index in [0.29, 0.717) is 22.2 Å². The normalized spacial score (nSPS) is 11.8. The van der Waals surface area contributed by atoms with Gasteiger partial charge in [0.2, 0.25) is 5.91 Å². The van der Waals surface area contributed by atoms with Crippen molar-refractivity contribution in [1.29, 1.82) is 0 Å². The van der Waals surface area contributed by atoms with Gasteiger partial charge in [-0.2, -0.15) is 0 Å². The molecule has 0 fully saturated rings. The number of benzene rings is 2. The van der Waals surface area contributed by atoms with Crippen LogP contribution in [-0.2, 0) is 4.79 Å². The van der Waals surface area contributed by atoms with Crippen molar-refractivity contribution in [2.45, 2.75) is 17.9 Å². The first kappa shape index (κ1) is 17.7. The monoisotopic (exact) mass is 351 g/mol. The number of carbonyl (C=O) groups is 1. The molecule has 0 heterocycles. The molecule has 2 rings (SSSR count). The maximum atomic E-state index is 10.9. The fourth-order valence-corrected chi connectivity index (χ4v) is 2.97. The molecule has 0 aliphatic rings. The maximum Gasteiger partial charge on any atom is 0.221 e. The number of carbonyl (C=O) groups excluding carboxylic acids is 1. The van der Waals surface area contributed by atoms with Crippen LogP contribution in [-0.4, -0.2) is 29.5 Å². The van der Waals surface area contributed by atoms with Gasteiger partial charge in [0.25, 0.3) is 0 Å². The van der Waals surface area contributed by atoms with Gasteiger partial charge in [-0.15, -0.1) is 11.8 Å². The van der Waals surface area contributed by atoms with Crippen molar-refractivity contribution in [3.8, 4) is 5.75 Å². The Kier molecular flexibility index (Phi) is 6.77. The lowest BCUT2D eigenvalue weighted by Gasteiger charge is -2.13. The highest BCUT2D eigenvalue weighted by Gasteiger charge is 2.08. The number of amides is 1. The Morgan fingerprint density at radius 3 is 2.61 bits per heavy atom. The van der Waals surface area contributed by atoms with Crippen molar-refractivity contribution in [3.05, 3.63) is 53.6 Å². The number of hydrogen-bond acceptors (Lipinski definition) is 4. The molecule has 2 aromatic carbocycles. The highest BCUT2D eigenvalue weighted by Crippen LogP contribution is 2.27. The summed E-state index contributed by atoms with van der Waals surface area (Å²) < 4.78 is 5.54. The fraction of sp³-hybridized carbons (Fsp3) is 0.235. The average Bonchev–Trinajstić information content (AvgIpc) is 2.53. The van der Waals surface area contributed by atoms with Crippen molar-refractivity contribution >= 4 is 35.0 Å². The van der Waals surface area contributed by atoms with Crippen molar-refractivity contribution < 1.29 is 14.6 Å². The number of hydrogen-bond donors (Lipinski definition) is 2. The zero-order valence-electron chi connectivity index (χ0n) is 12.7. The van der Waals surface area contributed by atoms with Crippen molar-refractivity contribution in [1.82, 2.24) is 0 Å². The lowest BCUT2D eigenvalue weighted by molar-refractivity contribution is -0.114. The van der Waals surface area contributed by atoms with Gasteiger partial charge in [0.05, 0.1) is 11.1 Å². The highest BCUT2D eigenvalue weighted by atomic mass is 35.5. The summed E-state index contributed by atoms with van der Waals surface area (Å²) >= 11 is 7.56. The van der Waals surface area contributed by atoms with E-state index in [0.717, 1.165) is 4.90 Å². The van der Waals surface area contributed by atoms with E-state index in [4.69, 9.17) is 16.3 Å². The first-order chi connectivity index (χ1) is 11.0. The molecule has 0 aliphatic heterocycles. The van der Waals surface area contributed by atoms with E-state index in [9.17, 15) is 9.90 Å². The van der Waals surface area contributed by atoms with Crippen LogP contribution in [0.4, 0.5) is 5.69 Å². The standard InChI is InChI=1S/C17H18ClNO3S/c1-12(20)19-13-6-8-15(9-7-13)22-10-14(21)11-23-17-5-3-2-4-16(17)18/h2-9,14,21H,10-11H2,1H3,(H,19,20). The summed E-state index contributed by atoms with van der Waals surface area (Å²) in [5.41, 5.74) is 0.708. The number of ether oxygens (including phenoxy) is 1. The molecule has 0 bridgehead atoms. The second-order valence-corrected chi connectivity index (χ2v) is 6.38. The largest absolute Gasteiger partial charge is 0.491 e. The van der Waals surface area contributed by atoms with Gasteiger partial charge in [-0.25, -0.2) is 0 Å². The lowest BCUT2D eigenvalue weighted by atomic mass is 10.3. The minimum Gasteiger partial charge on any atom is -0.491 e. The number of anilines is 1. The molecule has 23 heavy (non-hydrogen) atoms. The highest BCUT2D eigenvalue weighted by molar-refractivity contribution is 7.99. The van der Waals surface area contributed by atoms with Crippen LogP contribution in [0.5, 0.6) is 5.75 Å². The van der Waals surface area contributed by atoms with E-state index in [1.54, 1.807) is 24.3 Å². The average molecular weight is 352 g/mol. The summed E-state index contributed by atoms with van der Waals surface area (Å²) in [7, 11) is 0. The zero-order valence-corrected chi connectivity index (χ0v) is 14.2. The Morgan fingerprint density at radius 2 is 1.96 bits per heavy atom. The molecule has 0 saturated carbocycles. The molecule has 6 heteroatoms. The van der Waals surface area contributed by atoms with E-state index >= 15 is 0 Å². The SMILES string of the molecule is CC(=O)Nc1ccc(OCC(O)CSc2ccccc2Cl)cc1. The summed E-state index contributed by atoms with van der Waals surface area (Å²) in [6.45, 7) is 1.65. The molecule has 2 N–H and O–H groups in total. The first-order valence-corrected chi connectivity index (χ1v) is 8.47. The minimum absolute atomic E-state index is 0.120. The summed E-state index contributed by atoms with van der Waals surface area (Å²) in [5.74, 6) is 1.01. The third-order valence-corrected chi connectivity index (χ3v) is 4.55. The lowest BCUT2D eigenvalue weighted by Crippen LogP contribution is -2.20. The Balaban J connectivity index is 1.76. The van der Waals surface area contributed by atoms with E-state index in [1.165, 1.54) is 18.7 Å². The van der Waals surface area contributed by atoms with E-state index in [1.807, 2.05) is 24.3 Å². The minimum atomic E-state index is -0.605. The van der Waals surface area contributed by atoms with Gasteiger partial charge in [-0.1, -0.05) is 23.7 Å². The van der Waals surface area contributed by atoms with Crippen LogP contribution in [0.25, 0.3) is 0 Å². The number of nitrogens with one attached hydrogen (secondary N) is 1. The Hall–Kier alpha value is -1.69. The molecule has 0 aromatic heterocycles. The van der Waals surface area contributed by atoms with Gasteiger partial charge in [-0.3, -0.25) is 4.79 Å². The third kappa shape index (κ3) is 6.14. The van der Waals surface area contributed by atoms with Gasteiger partial charge in [-0.05, 0) is 36.4 Å². The number of rotatable bonds is 7. The van der Waals surface area contributed by atoms with Crippen LogP contribution in [0, 0.1) is 0 Å². The number of aliphatic hydroxyl groups excluding tert-OH is 1. The molecule has 122 valence electrons. The van der Waals surface area contributed by atoms with Gasteiger partial charge in [0.1, 0.15) is 12.4 Å². The molecular formula is C17H18ClNO3S. The van der Waals surface area contributed by atoms with Crippen LogP contribution >= 0.6 is 23.4 Å². The molecule has 1 unspecified atom stereocenters. The quantitative estimate of drug-likeness (QED) is 0.744. The number of thioether (sulfide) groups is 1. The molecule has 0 radical (unpaired) electrons. The van der Waals surface area contributed by atoms with Gasteiger partial charge in [0, 0.05) is 23.3 Å².